The van der Waals surface area contributed by atoms with Crippen LogP contribution >= 0.6 is 22.9 Å². The Hall–Kier alpha value is -0.830. The number of hydrogen-bond donors (Lipinski definition) is 1. The number of nitrogens with one attached hydrogen (secondary N) is 1. The Bertz CT molecular complexity index is 537. The van der Waals surface area contributed by atoms with Crippen molar-refractivity contribution in [1.29, 1.82) is 0 Å². The summed E-state index contributed by atoms with van der Waals surface area (Å²) in [4.78, 5) is 3.03. The Morgan fingerprint density at radius 3 is 2.74 bits per heavy atom. The van der Waals surface area contributed by atoms with E-state index in [1.54, 1.807) is 10.4 Å². The molecule has 3 heteroatoms. The molecule has 1 unspecified atom stereocenters. The SMILES string of the molecule is CCNC(c1ccc(Cl)cc1)c1cc2c(s1)CCC2. The molecule has 0 radical (unpaired) electrons. The van der Waals surface area contributed by atoms with Gasteiger partial charge in [-0.15, -0.1) is 11.3 Å². The van der Waals surface area contributed by atoms with E-state index in [0.717, 1.165) is 11.6 Å². The molecule has 0 aliphatic heterocycles. The molecule has 1 nitrogen and oxygen atoms in total. The monoisotopic (exact) mass is 291 g/mol. The van der Waals surface area contributed by atoms with Gasteiger partial charge in [0.1, 0.15) is 0 Å². The lowest BCUT2D eigenvalue weighted by Crippen LogP contribution is -2.21. The zero-order valence-electron chi connectivity index (χ0n) is 11.1. The largest absolute Gasteiger partial charge is 0.306 e. The number of benzene rings is 1. The molecule has 1 aromatic carbocycles. The summed E-state index contributed by atoms with van der Waals surface area (Å²) in [5.74, 6) is 0. The Labute approximate surface area is 123 Å². The number of hydrogen-bond acceptors (Lipinski definition) is 2. The zero-order valence-corrected chi connectivity index (χ0v) is 12.7. The predicted octanol–water partition coefficient (Wildman–Crippen LogP) is 4.59. The van der Waals surface area contributed by atoms with E-state index < -0.39 is 0 Å². The summed E-state index contributed by atoms with van der Waals surface area (Å²) in [5.41, 5.74) is 2.86. The van der Waals surface area contributed by atoms with Gasteiger partial charge in [-0.2, -0.15) is 0 Å². The standard InChI is InChI=1S/C16H18ClNS/c1-2-18-16(11-6-8-13(17)9-7-11)15-10-12-4-3-5-14(12)19-15/h6-10,16,18H,2-5H2,1H3. The maximum absolute atomic E-state index is 5.98. The van der Waals surface area contributed by atoms with Crippen molar-refractivity contribution in [2.45, 2.75) is 32.2 Å². The van der Waals surface area contributed by atoms with E-state index in [9.17, 15) is 0 Å². The first kappa shape index (κ1) is 13.2. The molecule has 1 atom stereocenters. The van der Waals surface area contributed by atoms with Gasteiger partial charge in [0.05, 0.1) is 6.04 Å². The Morgan fingerprint density at radius 2 is 2.05 bits per heavy atom. The van der Waals surface area contributed by atoms with E-state index in [2.05, 4.69) is 30.4 Å². The molecule has 0 fully saturated rings. The minimum absolute atomic E-state index is 0.304. The van der Waals surface area contributed by atoms with Crippen LogP contribution in [0.3, 0.4) is 0 Å². The van der Waals surface area contributed by atoms with E-state index >= 15 is 0 Å². The molecular weight excluding hydrogens is 274 g/mol. The van der Waals surface area contributed by atoms with Gasteiger partial charge in [-0.05, 0) is 55.1 Å². The number of rotatable bonds is 4. The number of thiophene rings is 1. The lowest BCUT2D eigenvalue weighted by atomic mass is 10.0. The van der Waals surface area contributed by atoms with Crippen molar-refractivity contribution in [3.05, 3.63) is 56.2 Å². The van der Waals surface area contributed by atoms with Gasteiger partial charge in [0.2, 0.25) is 0 Å². The first-order valence-corrected chi connectivity index (χ1v) is 8.07. The smallest absolute Gasteiger partial charge is 0.0671 e. The second-order valence-corrected chi connectivity index (χ2v) is 6.60. The molecule has 1 heterocycles. The fourth-order valence-corrected chi connectivity index (χ4v) is 4.22. The third kappa shape index (κ3) is 2.71. The first-order chi connectivity index (χ1) is 9.28. The van der Waals surface area contributed by atoms with Gasteiger partial charge in [0, 0.05) is 14.8 Å². The van der Waals surface area contributed by atoms with Crippen LogP contribution < -0.4 is 5.32 Å². The maximum atomic E-state index is 5.98. The second kappa shape index (κ2) is 5.66. The minimum Gasteiger partial charge on any atom is -0.306 e. The van der Waals surface area contributed by atoms with Crippen molar-refractivity contribution < 1.29 is 0 Å². The van der Waals surface area contributed by atoms with Crippen LogP contribution in [0.2, 0.25) is 5.02 Å². The summed E-state index contributed by atoms with van der Waals surface area (Å²) in [7, 11) is 0. The molecule has 0 spiro atoms. The van der Waals surface area contributed by atoms with Gasteiger partial charge in [-0.1, -0.05) is 30.7 Å². The predicted molar refractivity (Wildman–Crippen MR) is 83.3 cm³/mol. The molecule has 0 saturated heterocycles. The maximum Gasteiger partial charge on any atom is 0.0671 e. The number of fused-ring (bicyclic) bond motifs is 1. The highest BCUT2D eigenvalue weighted by atomic mass is 35.5. The molecular formula is C16H18ClNS. The third-order valence-electron chi connectivity index (χ3n) is 3.66. The second-order valence-electron chi connectivity index (χ2n) is 4.99. The van der Waals surface area contributed by atoms with E-state index in [1.807, 2.05) is 23.5 Å². The molecule has 1 aliphatic rings. The summed E-state index contributed by atoms with van der Waals surface area (Å²) in [6, 6.07) is 10.9. The molecule has 0 bridgehead atoms. The fourth-order valence-electron chi connectivity index (χ4n) is 2.74. The summed E-state index contributed by atoms with van der Waals surface area (Å²) in [5, 5.41) is 4.39. The lowest BCUT2D eigenvalue weighted by molar-refractivity contribution is 0.639. The summed E-state index contributed by atoms with van der Waals surface area (Å²) in [6.07, 6.45) is 3.85. The van der Waals surface area contributed by atoms with Crippen molar-refractivity contribution >= 4 is 22.9 Å². The first-order valence-electron chi connectivity index (χ1n) is 6.88. The highest BCUT2D eigenvalue weighted by Crippen LogP contribution is 2.36. The minimum atomic E-state index is 0.304. The summed E-state index contributed by atoms with van der Waals surface area (Å²) < 4.78 is 0. The Kier molecular flexibility index (Phi) is 3.92. The molecule has 1 N–H and O–H groups in total. The van der Waals surface area contributed by atoms with Crippen LogP contribution in [-0.2, 0) is 12.8 Å². The van der Waals surface area contributed by atoms with Crippen molar-refractivity contribution in [3.63, 3.8) is 0 Å². The van der Waals surface area contributed by atoms with Gasteiger partial charge in [0.15, 0.2) is 0 Å². The van der Waals surface area contributed by atoms with Crippen LogP contribution in [0.15, 0.2) is 30.3 Å². The molecule has 2 aromatic rings. The van der Waals surface area contributed by atoms with Gasteiger partial charge in [-0.3, -0.25) is 0 Å². The van der Waals surface area contributed by atoms with Crippen LogP contribution in [0.4, 0.5) is 0 Å². The average molecular weight is 292 g/mol. The van der Waals surface area contributed by atoms with E-state index in [4.69, 9.17) is 11.6 Å². The zero-order chi connectivity index (χ0) is 13.2. The number of aryl methyl sites for hydroxylation is 2. The van der Waals surface area contributed by atoms with E-state index in [1.165, 1.54) is 29.7 Å². The normalized spacial score (nSPS) is 15.5. The van der Waals surface area contributed by atoms with Crippen LogP contribution in [0.25, 0.3) is 0 Å². The van der Waals surface area contributed by atoms with Gasteiger partial charge in [0.25, 0.3) is 0 Å². The highest BCUT2D eigenvalue weighted by molar-refractivity contribution is 7.12. The van der Waals surface area contributed by atoms with Gasteiger partial charge < -0.3 is 5.32 Å². The van der Waals surface area contributed by atoms with Crippen molar-refractivity contribution in [2.75, 3.05) is 6.54 Å². The molecule has 0 amide bonds. The van der Waals surface area contributed by atoms with E-state index in [-0.39, 0.29) is 0 Å². The summed E-state index contributed by atoms with van der Waals surface area (Å²) >= 11 is 7.96. The third-order valence-corrected chi connectivity index (χ3v) is 5.22. The van der Waals surface area contributed by atoms with Crippen molar-refractivity contribution in [3.8, 4) is 0 Å². The molecule has 1 aliphatic carbocycles. The van der Waals surface area contributed by atoms with Crippen LogP contribution in [0.5, 0.6) is 0 Å². The lowest BCUT2D eigenvalue weighted by Gasteiger charge is -2.17. The Morgan fingerprint density at radius 1 is 1.26 bits per heavy atom. The quantitative estimate of drug-likeness (QED) is 0.869. The topological polar surface area (TPSA) is 12.0 Å². The average Bonchev–Trinajstić information content (AvgIpc) is 2.98. The van der Waals surface area contributed by atoms with Gasteiger partial charge in [-0.25, -0.2) is 0 Å². The van der Waals surface area contributed by atoms with Crippen LogP contribution in [0.1, 0.15) is 40.3 Å². The molecule has 0 saturated carbocycles. The molecule has 19 heavy (non-hydrogen) atoms. The molecule has 1 aromatic heterocycles. The van der Waals surface area contributed by atoms with Crippen LogP contribution in [0, 0.1) is 0 Å². The molecule has 3 rings (SSSR count). The molecule has 100 valence electrons. The van der Waals surface area contributed by atoms with Gasteiger partial charge >= 0.3 is 0 Å². The Balaban J connectivity index is 1.93. The highest BCUT2D eigenvalue weighted by Gasteiger charge is 2.20. The van der Waals surface area contributed by atoms with E-state index in [0.29, 0.717) is 6.04 Å². The van der Waals surface area contributed by atoms with Crippen molar-refractivity contribution in [2.24, 2.45) is 0 Å². The number of halogens is 1. The van der Waals surface area contributed by atoms with Crippen molar-refractivity contribution in [1.82, 2.24) is 5.32 Å². The van der Waals surface area contributed by atoms with Crippen LogP contribution in [-0.4, -0.2) is 6.54 Å². The summed E-state index contributed by atoms with van der Waals surface area (Å²) in [6.45, 7) is 3.13. The fraction of sp³-hybridized carbons (Fsp3) is 0.375.